The number of nitrogens with one attached hydrogen (secondary N) is 1. The van der Waals surface area contributed by atoms with Gasteiger partial charge >= 0.3 is 12.0 Å². The quantitative estimate of drug-likeness (QED) is 0.590. The first kappa shape index (κ1) is 24.2. The van der Waals surface area contributed by atoms with E-state index in [0.717, 1.165) is 50.5 Å². The van der Waals surface area contributed by atoms with Crippen LogP contribution in [-0.2, 0) is 9.53 Å². The summed E-state index contributed by atoms with van der Waals surface area (Å²) in [4.78, 5) is 34.4. The van der Waals surface area contributed by atoms with Gasteiger partial charge in [-0.15, -0.1) is 0 Å². The van der Waals surface area contributed by atoms with E-state index in [1.165, 1.54) is 0 Å². The second-order valence-electron chi connectivity index (χ2n) is 8.61. The van der Waals surface area contributed by atoms with Crippen LogP contribution in [0.4, 0.5) is 4.79 Å². The largest absolute Gasteiger partial charge is 0.491 e. The van der Waals surface area contributed by atoms with Crippen LogP contribution < -0.4 is 10.1 Å². The summed E-state index contributed by atoms with van der Waals surface area (Å²) in [6.45, 7) is 13.5. The molecule has 0 aliphatic carbocycles. The number of aliphatic imine (C=N–C) groups is 1. The molecule has 1 aromatic rings. The van der Waals surface area contributed by atoms with Crippen molar-refractivity contribution >= 4 is 17.7 Å². The van der Waals surface area contributed by atoms with Crippen LogP contribution in [0, 0.1) is 5.92 Å². The minimum Gasteiger partial charge on any atom is -0.491 e. The summed E-state index contributed by atoms with van der Waals surface area (Å²) >= 11 is 0. The molecule has 3 rings (SSSR count). The molecule has 0 aromatic heterocycles. The number of carbonyl (C=O) groups is 2. The zero-order chi connectivity index (χ0) is 23.1. The summed E-state index contributed by atoms with van der Waals surface area (Å²) < 4.78 is 11.1. The zero-order valence-electron chi connectivity index (χ0n) is 19.7. The van der Waals surface area contributed by atoms with Crippen molar-refractivity contribution in [3.05, 3.63) is 29.8 Å². The lowest BCUT2D eigenvalue weighted by atomic mass is 9.87. The molecule has 176 valence electrons. The van der Waals surface area contributed by atoms with Crippen LogP contribution in [-0.4, -0.2) is 79.5 Å². The average Bonchev–Trinajstić information content (AvgIpc) is 2.75. The molecule has 2 atom stereocenters. The molecular formula is C24H36N4O4. The Balaban J connectivity index is 1.79. The first-order valence-electron chi connectivity index (χ1n) is 11.7. The second-order valence-corrected chi connectivity index (χ2v) is 8.61. The molecule has 0 radical (unpaired) electrons. The third-order valence-corrected chi connectivity index (χ3v) is 5.76. The Morgan fingerprint density at radius 1 is 1.12 bits per heavy atom. The van der Waals surface area contributed by atoms with Gasteiger partial charge in [0.2, 0.25) is 0 Å². The van der Waals surface area contributed by atoms with Gasteiger partial charge in [-0.2, -0.15) is 0 Å². The van der Waals surface area contributed by atoms with Crippen molar-refractivity contribution in [2.24, 2.45) is 10.9 Å². The summed E-state index contributed by atoms with van der Waals surface area (Å²) in [5, 5.41) is 2.88. The molecule has 0 bridgehead atoms. The normalized spacial score (nSPS) is 22.4. The van der Waals surface area contributed by atoms with Gasteiger partial charge in [0.1, 0.15) is 11.7 Å². The zero-order valence-corrected chi connectivity index (χ0v) is 19.7. The SMILES string of the molecule is CCCN1CCN(CC2=NC(=O)NC(c3ccc(OC(C)C)cc3)C2C(=O)OCC)CC1. The number of hydrogen-bond donors (Lipinski definition) is 1. The molecule has 1 N–H and O–H groups in total. The number of nitrogens with zero attached hydrogens (tertiary/aromatic N) is 3. The highest BCUT2D eigenvalue weighted by molar-refractivity contribution is 6.10. The lowest BCUT2D eigenvalue weighted by molar-refractivity contribution is -0.146. The van der Waals surface area contributed by atoms with Gasteiger partial charge in [0, 0.05) is 32.7 Å². The van der Waals surface area contributed by atoms with Crippen molar-refractivity contribution in [3.63, 3.8) is 0 Å². The fraction of sp³-hybridized carbons (Fsp3) is 0.625. The van der Waals surface area contributed by atoms with Crippen LogP contribution in [0.25, 0.3) is 0 Å². The van der Waals surface area contributed by atoms with Gasteiger partial charge in [0.15, 0.2) is 0 Å². The summed E-state index contributed by atoms with van der Waals surface area (Å²) in [6.07, 6.45) is 1.21. The molecule has 0 spiro atoms. The number of urea groups is 1. The highest BCUT2D eigenvalue weighted by atomic mass is 16.5. The highest BCUT2D eigenvalue weighted by Gasteiger charge is 2.40. The molecule has 2 unspecified atom stereocenters. The Morgan fingerprint density at radius 3 is 2.38 bits per heavy atom. The van der Waals surface area contributed by atoms with Gasteiger partial charge in [-0.1, -0.05) is 19.1 Å². The Labute approximate surface area is 191 Å². The Morgan fingerprint density at radius 2 is 1.78 bits per heavy atom. The maximum atomic E-state index is 13.0. The molecule has 2 aliphatic heterocycles. The van der Waals surface area contributed by atoms with Gasteiger partial charge in [-0.05, 0) is 51.4 Å². The van der Waals surface area contributed by atoms with E-state index in [0.29, 0.717) is 12.3 Å². The Kier molecular flexibility index (Phi) is 8.64. The molecule has 2 aliphatic rings. The number of piperazine rings is 1. The first-order valence-corrected chi connectivity index (χ1v) is 11.7. The van der Waals surface area contributed by atoms with Gasteiger partial charge in [0.05, 0.1) is 24.5 Å². The first-order chi connectivity index (χ1) is 15.4. The van der Waals surface area contributed by atoms with E-state index in [2.05, 4.69) is 27.0 Å². The van der Waals surface area contributed by atoms with Crippen molar-refractivity contribution in [1.82, 2.24) is 15.1 Å². The summed E-state index contributed by atoms with van der Waals surface area (Å²) in [5.74, 6) is -0.265. The standard InChI is InChI=1S/C24H36N4O4/c1-5-11-27-12-14-28(15-13-27)16-20-21(23(29)31-6-2)22(26-24(30)25-20)18-7-9-19(10-8-18)32-17(3)4/h7-10,17,21-22H,5-6,11-16H2,1-4H3,(H,26,30). The van der Waals surface area contributed by atoms with Crippen molar-refractivity contribution in [3.8, 4) is 5.75 Å². The number of hydrogen-bond acceptors (Lipinski definition) is 6. The molecular weight excluding hydrogens is 408 g/mol. The maximum Gasteiger partial charge on any atom is 0.341 e. The molecule has 32 heavy (non-hydrogen) atoms. The number of esters is 1. The Hall–Kier alpha value is -2.45. The lowest BCUT2D eigenvalue weighted by Crippen LogP contribution is -2.52. The average molecular weight is 445 g/mol. The van der Waals surface area contributed by atoms with E-state index in [4.69, 9.17) is 9.47 Å². The lowest BCUT2D eigenvalue weighted by Gasteiger charge is -2.37. The van der Waals surface area contributed by atoms with E-state index >= 15 is 0 Å². The number of benzene rings is 1. The summed E-state index contributed by atoms with van der Waals surface area (Å²) in [5.41, 5.74) is 1.40. The minimum atomic E-state index is -0.654. The van der Waals surface area contributed by atoms with Gasteiger partial charge in [-0.3, -0.25) is 9.69 Å². The number of amides is 2. The molecule has 1 fully saturated rings. The fourth-order valence-electron chi connectivity index (χ4n) is 4.30. The van der Waals surface area contributed by atoms with Crippen LogP contribution >= 0.6 is 0 Å². The third-order valence-electron chi connectivity index (χ3n) is 5.76. The van der Waals surface area contributed by atoms with Crippen LogP contribution in [0.2, 0.25) is 0 Å². The maximum absolute atomic E-state index is 13.0. The van der Waals surface area contributed by atoms with E-state index in [1.807, 2.05) is 38.1 Å². The van der Waals surface area contributed by atoms with Crippen molar-refractivity contribution < 1.29 is 19.1 Å². The van der Waals surface area contributed by atoms with Crippen molar-refractivity contribution in [1.29, 1.82) is 0 Å². The molecule has 0 saturated carbocycles. The molecule has 2 heterocycles. The number of carbonyl (C=O) groups excluding carboxylic acids is 2. The topological polar surface area (TPSA) is 83.5 Å². The van der Waals surface area contributed by atoms with Crippen LogP contribution in [0.3, 0.4) is 0 Å². The van der Waals surface area contributed by atoms with Gasteiger partial charge in [-0.25, -0.2) is 9.79 Å². The van der Waals surface area contributed by atoms with Crippen molar-refractivity contribution in [2.75, 3.05) is 45.9 Å². The number of rotatable bonds is 9. The monoisotopic (exact) mass is 444 g/mol. The molecule has 2 amide bonds. The van der Waals surface area contributed by atoms with E-state index in [1.54, 1.807) is 6.92 Å². The molecule has 8 nitrogen and oxygen atoms in total. The van der Waals surface area contributed by atoms with Crippen LogP contribution in [0.15, 0.2) is 29.3 Å². The molecule has 1 aromatic carbocycles. The molecule has 8 heteroatoms. The summed E-state index contributed by atoms with van der Waals surface area (Å²) in [7, 11) is 0. The van der Waals surface area contributed by atoms with E-state index in [9.17, 15) is 9.59 Å². The predicted molar refractivity (Wildman–Crippen MR) is 124 cm³/mol. The van der Waals surface area contributed by atoms with E-state index in [-0.39, 0.29) is 18.7 Å². The third kappa shape index (κ3) is 6.29. The second kappa shape index (κ2) is 11.4. The van der Waals surface area contributed by atoms with E-state index < -0.39 is 18.0 Å². The minimum absolute atomic E-state index is 0.0686. The van der Waals surface area contributed by atoms with Gasteiger partial charge in [0.25, 0.3) is 0 Å². The highest BCUT2D eigenvalue weighted by Crippen LogP contribution is 2.30. The predicted octanol–water partition coefficient (Wildman–Crippen LogP) is 2.89. The van der Waals surface area contributed by atoms with Crippen LogP contribution in [0.5, 0.6) is 5.75 Å². The summed E-state index contributed by atoms with van der Waals surface area (Å²) in [6, 6.07) is 6.56. The van der Waals surface area contributed by atoms with Crippen LogP contribution in [0.1, 0.15) is 45.7 Å². The van der Waals surface area contributed by atoms with Gasteiger partial charge < -0.3 is 19.7 Å². The fourth-order valence-corrected chi connectivity index (χ4v) is 4.30. The smallest absolute Gasteiger partial charge is 0.341 e. The Bertz CT molecular complexity index is 801. The number of ether oxygens (including phenoxy) is 2. The molecule has 1 saturated heterocycles. The van der Waals surface area contributed by atoms with Crippen molar-refractivity contribution in [2.45, 2.75) is 46.3 Å².